The third-order valence-electron chi connectivity index (χ3n) is 5.32. The zero-order valence-electron chi connectivity index (χ0n) is 15.1. The Hall–Kier alpha value is -1.50. The summed E-state index contributed by atoms with van der Waals surface area (Å²) < 4.78 is 1.24. The van der Waals surface area contributed by atoms with Crippen molar-refractivity contribution >= 4 is 27.5 Å². The highest BCUT2D eigenvalue weighted by Crippen LogP contribution is 2.31. The lowest BCUT2D eigenvalue weighted by molar-refractivity contribution is -0.139. The first-order valence-electron chi connectivity index (χ1n) is 9.05. The minimum atomic E-state index is -0.740. The van der Waals surface area contributed by atoms with Crippen LogP contribution in [0.15, 0.2) is 24.3 Å². The summed E-state index contributed by atoms with van der Waals surface area (Å²) in [6.07, 6.45) is 2.05. The quantitative estimate of drug-likeness (QED) is 0.755. The summed E-state index contributed by atoms with van der Waals surface area (Å²) in [4.78, 5) is 17.8. The molecule has 1 saturated carbocycles. The normalized spacial score (nSPS) is 22.7. The van der Waals surface area contributed by atoms with Gasteiger partial charge < -0.3 is 10.4 Å². The number of rotatable bonds is 8. The van der Waals surface area contributed by atoms with Gasteiger partial charge in [-0.1, -0.05) is 26.0 Å². The van der Waals surface area contributed by atoms with Crippen molar-refractivity contribution in [3.05, 3.63) is 29.3 Å². The first-order valence-corrected chi connectivity index (χ1v) is 9.87. The number of nitrogens with one attached hydrogen (secondary N) is 1. The second-order valence-corrected chi connectivity index (χ2v) is 8.11. The molecular weight excluding hydrogens is 334 g/mol. The Bertz CT molecular complexity index is 693. The molecule has 0 radical (unpaired) electrons. The summed E-state index contributed by atoms with van der Waals surface area (Å²) in [5, 5.41) is 13.9. The van der Waals surface area contributed by atoms with Crippen molar-refractivity contribution in [2.75, 3.05) is 13.1 Å². The summed E-state index contributed by atoms with van der Waals surface area (Å²) >= 11 is 1.78. The molecule has 5 nitrogen and oxygen atoms in total. The Morgan fingerprint density at radius 2 is 2.12 bits per heavy atom. The second kappa shape index (κ2) is 7.81. The number of fused-ring (bicyclic) bond motifs is 1. The number of aliphatic carboxylic acids is 1. The smallest absolute Gasteiger partial charge is 0.317 e. The number of thiazole rings is 1. The molecule has 2 unspecified atom stereocenters. The van der Waals surface area contributed by atoms with E-state index in [-0.39, 0.29) is 6.54 Å². The van der Waals surface area contributed by atoms with E-state index in [0.717, 1.165) is 24.9 Å². The van der Waals surface area contributed by atoms with Crippen molar-refractivity contribution in [3.63, 3.8) is 0 Å². The van der Waals surface area contributed by atoms with E-state index >= 15 is 0 Å². The molecule has 1 aliphatic rings. The van der Waals surface area contributed by atoms with Crippen LogP contribution in [0.4, 0.5) is 0 Å². The van der Waals surface area contributed by atoms with E-state index in [9.17, 15) is 4.79 Å². The number of carbonyl (C=O) groups is 1. The van der Waals surface area contributed by atoms with Crippen molar-refractivity contribution in [3.8, 4) is 0 Å². The number of nitrogens with zero attached hydrogens (tertiary/aromatic N) is 2. The Morgan fingerprint density at radius 3 is 2.76 bits per heavy atom. The molecule has 6 heteroatoms. The number of hydrogen-bond donors (Lipinski definition) is 2. The zero-order valence-corrected chi connectivity index (χ0v) is 15.9. The number of carboxylic acid groups (broad SMARTS) is 1. The summed E-state index contributed by atoms with van der Waals surface area (Å²) in [6, 6.07) is 9.49. The van der Waals surface area contributed by atoms with Crippen LogP contribution in [0, 0.1) is 0 Å². The molecule has 1 heterocycles. The molecule has 1 aromatic heterocycles. The van der Waals surface area contributed by atoms with Gasteiger partial charge >= 0.3 is 5.97 Å². The van der Waals surface area contributed by atoms with E-state index in [4.69, 9.17) is 10.1 Å². The van der Waals surface area contributed by atoms with Gasteiger partial charge in [-0.05, 0) is 38.4 Å². The highest BCUT2D eigenvalue weighted by Gasteiger charge is 2.35. The minimum Gasteiger partial charge on any atom is -0.480 e. The molecule has 1 fully saturated rings. The van der Waals surface area contributed by atoms with Gasteiger partial charge in [-0.2, -0.15) is 0 Å². The van der Waals surface area contributed by atoms with Crippen LogP contribution in [0.2, 0.25) is 0 Å². The summed E-state index contributed by atoms with van der Waals surface area (Å²) in [5.74, 6) is -0.381. The molecule has 136 valence electrons. The second-order valence-electron chi connectivity index (χ2n) is 7.04. The van der Waals surface area contributed by atoms with Gasteiger partial charge in [0, 0.05) is 24.0 Å². The van der Waals surface area contributed by atoms with Gasteiger partial charge in [0.2, 0.25) is 0 Å². The Labute approximate surface area is 153 Å². The number of hydrogen-bond acceptors (Lipinski definition) is 5. The van der Waals surface area contributed by atoms with Crippen LogP contribution in [-0.4, -0.2) is 52.2 Å². The van der Waals surface area contributed by atoms with Crippen LogP contribution in [0.3, 0.4) is 0 Å². The first kappa shape index (κ1) is 18.3. The van der Waals surface area contributed by atoms with Crippen LogP contribution in [-0.2, 0) is 4.79 Å². The van der Waals surface area contributed by atoms with Gasteiger partial charge in [0.15, 0.2) is 0 Å². The molecule has 0 amide bonds. The SMILES string of the molecule is CCN(CC(=O)O)C1CC(NC(C)C(C)c2nc3ccccc3s2)C1. The monoisotopic (exact) mass is 361 g/mol. The minimum absolute atomic E-state index is 0.144. The highest BCUT2D eigenvalue weighted by atomic mass is 32.1. The summed E-state index contributed by atoms with van der Waals surface area (Å²) in [6.45, 7) is 7.42. The molecule has 3 rings (SSSR count). The predicted molar refractivity (Wildman–Crippen MR) is 102 cm³/mol. The van der Waals surface area contributed by atoms with E-state index in [1.807, 2.05) is 13.0 Å². The fraction of sp³-hybridized carbons (Fsp3) is 0.579. The molecule has 0 aliphatic heterocycles. The molecule has 25 heavy (non-hydrogen) atoms. The molecule has 1 aromatic carbocycles. The maximum atomic E-state index is 10.9. The number of likely N-dealkylation sites (N-methyl/N-ethyl adjacent to an activating group) is 1. The van der Waals surface area contributed by atoms with Crippen molar-refractivity contribution in [1.29, 1.82) is 0 Å². The number of carboxylic acids is 1. The Balaban J connectivity index is 1.53. The average Bonchev–Trinajstić information content (AvgIpc) is 2.98. The maximum Gasteiger partial charge on any atom is 0.317 e. The Morgan fingerprint density at radius 1 is 1.40 bits per heavy atom. The molecule has 2 atom stereocenters. The van der Waals surface area contributed by atoms with Gasteiger partial charge in [0.1, 0.15) is 0 Å². The van der Waals surface area contributed by atoms with Gasteiger partial charge in [-0.25, -0.2) is 4.98 Å². The fourth-order valence-corrected chi connectivity index (χ4v) is 4.63. The van der Waals surface area contributed by atoms with Crippen LogP contribution in [0.1, 0.15) is 44.5 Å². The van der Waals surface area contributed by atoms with E-state index in [2.05, 4.69) is 42.3 Å². The van der Waals surface area contributed by atoms with Crippen LogP contribution < -0.4 is 5.32 Å². The number of aromatic nitrogens is 1. The standard InChI is InChI=1S/C19H27N3O2S/c1-4-22(11-18(23)24)15-9-14(10-15)20-13(3)12(2)19-21-16-7-5-6-8-17(16)25-19/h5-8,12-15,20H,4,9-11H2,1-3H3,(H,23,24). The summed E-state index contributed by atoms with van der Waals surface area (Å²) in [5.41, 5.74) is 1.08. The fourth-order valence-electron chi connectivity index (χ4n) is 3.51. The molecule has 0 spiro atoms. The largest absolute Gasteiger partial charge is 0.480 e. The van der Waals surface area contributed by atoms with Crippen LogP contribution in [0.5, 0.6) is 0 Å². The third-order valence-corrected chi connectivity index (χ3v) is 6.56. The van der Waals surface area contributed by atoms with E-state index in [1.165, 1.54) is 9.71 Å². The van der Waals surface area contributed by atoms with Crippen molar-refractivity contribution in [2.24, 2.45) is 0 Å². The molecule has 0 saturated heterocycles. The topological polar surface area (TPSA) is 65.5 Å². The first-order chi connectivity index (χ1) is 12.0. The van der Waals surface area contributed by atoms with Gasteiger partial charge in [0.05, 0.1) is 21.8 Å². The molecular formula is C19H27N3O2S. The molecule has 1 aliphatic carbocycles. The highest BCUT2D eigenvalue weighted by molar-refractivity contribution is 7.18. The summed E-state index contributed by atoms with van der Waals surface area (Å²) in [7, 11) is 0. The van der Waals surface area contributed by atoms with Gasteiger partial charge in [0.25, 0.3) is 0 Å². The lowest BCUT2D eigenvalue weighted by Gasteiger charge is -2.44. The predicted octanol–water partition coefficient (Wildman–Crippen LogP) is 3.32. The van der Waals surface area contributed by atoms with Crippen molar-refractivity contribution in [1.82, 2.24) is 15.2 Å². The number of benzene rings is 1. The molecule has 0 bridgehead atoms. The lowest BCUT2D eigenvalue weighted by Crippen LogP contribution is -2.55. The van der Waals surface area contributed by atoms with Crippen molar-refractivity contribution in [2.45, 2.75) is 57.7 Å². The third kappa shape index (κ3) is 4.19. The molecule has 2 aromatic rings. The van der Waals surface area contributed by atoms with Gasteiger partial charge in [-0.15, -0.1) is 11.3 Å². The number of para-hydroxylation sites is 1. The van der Waals surface area contributed by atoms with E-state index in [0.29, 0.717) is 24.0 Å². The maximum absolute atomic E-state index is 10.9. The average molecular weight is 362 g/mol. The lowest BCUT2D eigenvalue weighted by atomic mass is 9.84. The Kier molecular flexibility index (Phi) is 5.71. The zero-order chi connectivity index (χ0) is 18.0. The molecule has 2 N–H and O–H groups in total. The van der Waals surface area contributed by atoms with Crippen LogP contribution in [0.25, 0.3) is 10.2 Å². The van der Waals surface area contributed by atoms with E-state index in [1.54, 1.807) is 11.3 Å². The van der Waals surface area contributed by atoms with Crippen LogP contribution >= 0.6 is 11.3 Å². The van der Waals surface area contributed by atoms with Gasteiger partial charge in [-0.3, -0.25) is 9.69 Å². The van der Waals surface area contributed by atoms with Crippen molar-refractivity contribution < 1.29 is 9.90 Å². The van der Waals surface area contributed by atoms with E-state index < -0.39 is 5.97 Å².